The number of nitrogens with zero attached hydrogens (tertiary/aromatic N) is 3. The standard InChI is InChI=1S/C11H16N4O2/c12-11(14-16)10-7-9(1-2-13-10)8-15-3-5-17-6-4-15/h1-2,7,16H,3-6,8H2,(H2,12,14). The van der Waals surface area contributed by atoms with Crippen LogP contribution in [0.2, 0.25) is 0 Å². The Labute approximate surface area is 99.7 Å². The Morgan fingerprint density at radius 3 is 3.00 bits per heavy atom. The van der Waals surface area contributed by atoms with Gasteiger partial charge in [-0.3, -0.25) is 9.88 Å². The summed E-state index contributed by atoms with van der Waals surface area (Å²) in [7, 11) is 0. The van der Waals surface area contributed by atoms with Crippen molar-refractivity contribution in [3.8, 4) is 0 Å². The highest BCUT2D eigenvalue weighted by atomic mass is 16.5. The lowest BCUT2D eigenvalue weighted by Crippen LogP contribution is -2.35. The monoisotopic (exact) mass is 236 g/mol. The summed E-state index contributed by atoms with van der Waals surface area (Å²) >= 11 is 0. The van der Waals surface area contributed by atoms with E-state index in [1.165, 1.54) is 0 Å². The third kappa shape index (κ3) is 3.15. The Morgan fingerprint density at radius 1 is 1.53 bits per heavy atom. The molecule has 0 unspecified atom stereocenters. The Balaban J connectivity index is 2.05. The number of oxime groups is 1. The van der Waals surface area contributed by atoms with E-state index in [0.717, 1.165) is 38.4 Å². The van der Waals surface area contributed by atoms with Crippen molar-refractivity contribution in [2.75, 3.05) is 26.3 Å². The number of pyridine rings is 1. The molecule has 0 aromatic carbocycles. The van der Waals surface area contributed by atoms with E-state index in [4.69, 9.17) is 15.7 Å². The van der Waals surface area contributed by atoms with Gasteiger partial charge in [-0.1, -0.05) is 5.16 Å². The van der Waals surface area contributed by atoms with Gasteiger partial charge < -0.3 is 15.7 Å². The van der Waals surface area contributed by atoms with Crippen LogP contribution in [0.1, 0.15) is 11.3 Å². The molecule has 1 aromatic heterocycles. The van der Waals surface area contributed by atoms with E-state index >= 15 is 0 Å². The molecule has 2 heterocycles. The molecule has 92 valence electrons. The number of ether oxygens (including phenoxy) is 1. The van der Waals surface area contributed by atoms with Crippen molar-refractivity contribution >= 4 is 5.84 Å². The number of nitrogens with two attached hydrogens (primary N) is 1. The number of morpholine rings is 1. The average Bonchev–Trinajstić information content (AvgIpc) is 2.39. The topological polar surface area (TPSA) is 84.0 Å². The number of amidine groups is 1. The van der Waals surface area contributed by atoms with Gasteiger partial charge >= 0.3 is 0 Å². The lowest BCUT2D eigenvalue weighted by Gasteiger charge is -2.26. The first-order valence-electron chi connectivity index (χ1n) is 5.52. The molecular formula is C11H16N4O2. The fourth-order valence-corrected chi connectivity index (χ4v) is 1.78. The van der Waals surface area contributed by atoms with Gasteiger partial charge in [-0.05, 0) is 17.7 Å². The van der Waals surface area contributed by atoms with Gasteiger partial charge in [0.15, 0.2) is 5.84 Å². The predicted molar refractivity (Wildman–Crippen MR) is 62.8 cm³/mol. The van der Waals surface area contributed by atoms with E-state index in [2.05, 4.69) is 15.0 Å². The minimum Gasteiger partial charge on any atom is -0.409 e. The van der Waals surface area contributed by atoms with E-state index in [-0.39, 0.29) is 5.84 Å². The smallest absolute Gasteiger partial charge is 0.188 e. The van der Waals surface area contributed by atoms with Crippen LogP contribution in [0.4, 0.5) is 0 Å². The van der Waals surface area contributed by atoms with Crippen LogP contribution in [-0.2, 0) is 11.3 Å². The van der Waals surface area contributed by atoms with Crippen molar-refractivity contribution in [3.05, 3.63) is 29.6 Å². The molecule has 17 heavy (non-hydrogen) atoms. The molecule has 0 aliphatic carbocycles. The van der Waals surface area contributed by atoms with Gasteiger partial charge in [-0.15, -0.1) is 0 Å². The SMILES string of the molecule is NC(=NO)c1cc(CN2CCOCC2)ccn1. The molecule has 1 aliphatic heterocycles. The quantitative estimate of drug-likeness (QED) is 0.334. The second-order valence-corrected chi connectivity index (χ2v) is 3.92. The van der Waals surface area contributed by atoms with Crippen LogP contribution in [0, 0.1) is 0 Å². The van der Waals surface area contributed by atoms with Crippen molar-refractivity contribution in [1.29, 1.82) is 0 Å². The van der Waals surface area contributed by atoms with Crippen LogP contribution < -0.4 is 5.73 Å². The van der Waals surface area contributed by atoms with E-state index in [1.54, 1.807) is 6.20 Å². The first-order valence-corrected chi connectivity index (χ1v) is 5.52. The van der Waals surface area contributed by atoms with Crippen LogP contribution in [-0.4, -0.2) is 47.2 Å². The van der Waals surface area contributed by atoms with Crippen LogP contribution in [0.5, 0.6) is 0 Å². The summed E-state index contributed by atoms with van der Waals surface area (Å²) in [5.74, 6) is 0.0360. The number of hydrogen-bond acceptors (Lipinski definition) is 5. The zero-order valence-corrected chi connectivity index (χ0v) is 9.54. The zero-order chi connectivity index (χ0) is 12.1. The molecular weight excluding hydrogens is 220 g/mol. The molecule has 0 spiro atoms. The van der Waals surface area contributed by atoms with Crippen molar-refractivity contribution in [2.24, 2.45) is 10.9 Å². The maximum absolute atomic E-state index is 8.60. The van der Waals surface area contributed by atoms with E-state index in [1.807, 2.05) is 12.1 Å². The minimum absolute atomic E-state index is 0.0360. The molecule has 0 bridgehead atoms. The summed E-state index contributed by atoms with van der Waals surface area (Å²) in [4.78, 5) is 6.34. The van der Waals surface area contributed by atoms with E-state index < -0.39 is 0 Å². The average molecular weight is 236 g/mol. The minimum atomic E-state index is 0.0360. The van der Waals surface area contributed by atoms with Crippen molar-refractivity contribution < 1.29 is 9.94 Å². The lowest BCUT2D eigenvalue weighted by atomic mass is 10.2. The molecule has 1 aromatic rings. The van der Waals surface area contributed by atoms with E-state index in [0.29, 0.717) is 5.69 Å². The van der Waals surface area contributed by atoms with Crippen LogP contribution in [0.25, 0.3) is 0 Å². The second-order valence-electron chi connectivity index (χ2n) is 3.92. The molecule has 6 nitrogen and oxygen atoms in total. The molecule has 0 saturated carbocycles. The van der Waals surface area contributed by atoms with Crippen LogP contribution in [0.15, 0.2) is 23.5 Å². The third-order valence-electron chi connectivity index (χ3n) is 2.70. The summed E-state index contributed by atoms with van der Waals surface area (Å²) in [5.41, 5.74) is 7.10. The Hall–Kier alpha value is -1.66. The van der Waals surface area contributed by atoms with Gasteiger partial charge in [0, 0.05) is 25.8 Å². The first kappa shape index (κ1) is 11.8. The molecule has 1 aliphatic rings. The van der Waals surface area contributed by atoms with Gasteiger partial charge in [0.2, 0.25) is 0 Å². The molecule has 1 fully saturated rings. The fourth-order valence-electron chi connectivity index (χ4n) is 1.78. The summed E-state index contributed by atoms with van der Waals surface area (Å²) in [5, 5.41) is 11.5. The predicted octanol–water partition coefficient (Wildman–Crippen LogP) is 0.00830. The number of rotatable bonds is 3. The highest BCUT2D eigenvalue weighted by Gasteiger charge is 2.11. The number of aromatic nitrogens is 1. The highest BCUT2D eigenvalue weighted by Crippen LogP contribution is 2.07. The summed E-state index contributed by atoms with van der Waals surface area (Å²) in [6, 6.07) is 3.77. The molecule has 0 atom stereocenters. The van der Waals surface area contributed by atoms with Crippen LogP contribution >= 0.6 is 0 Å². The first-order chi connectivity index (χ1) is 8.29. The maximum Gasteiger partial charge on any atom is 0.188 e. The second kappa shape index (κ2) is 5.60. The Morgan fingerprint density at radius 2 is 2.29 bits per heavy atom. The summed E-state index contributed by atoms with van der Waals surface area (Å²) in [6.07, 6.45) is 1.67. The fraction of sp³-hybridized carbons (Fsp3) is 0.455. The normalized spacial score (nSPS) is 18.2. The molecule has 0 radical (unpaired) electrons. The lowest BCUT2D eigenvalue weighted by molar-refractivity contribution is 0.0342. The third-order valence-corrected chi connectivity index (χ3v) is 2.70. The Bertz CT molecular complexity index is 402. The molecule has 0 amide bonds. The van der Waals surface area contributed by atoms with Gasteiger partial charge in [0.25, 0.3) is 0 Å². The largest absolute Gasteiger partial charge is 0.409 e. The summed E-state index contributed by atoms with van der Waals surface area (Å²) in [6.45, 7) is 4.25. The zero-order valence-electron chi connectivity index (χ0n) is 9.54. The van der Waals surface area contributed by atoms with Gasteiger partial charge in [0.05, 0.1) is 13.2 Å². The van der Waals surface area contributed by atoms with Gasteiger partial charge in [-0.2, -0.15) is 0 Å². The molecule has 6 heteroatoms. The van der Waals surface area contributed by atoms with Crippen molar-refractivity contribution in [2.45, 2.75) is 6.54 Å². The molecule has 1 saturated heterocycles. The van der Waals surface area contributed by atoms with E-state index in [9.17, 15) is 0 Å². The number of hydrogen-bond donors (Lipinski definition) is 2. The maximum atomic E-state index is 8.60. The molecule has 2 rings (SSSR count). The van der Waals surface area contributed by atoms with Crippen LogP contribution in [0.3, 0.4) is 0 Å². The highest BCUT2D eigenvalue weighted by molar-refractivity contribution is 5.95. The van der Waals surface area contributed by atoms with Crippen molar-refractivity contribution in [3.63, 3.8) is 0 Å². The summed E-state index contributed by atoms with van der Waals surface area (Å²) < 4.78 is 5.29. The van der Waals surface area contributed by atoms with Gasteiger partial charge in [-0.25, -0.2) is 0 Å². The van der Waals surface area contributed by atoms with Crippen molar-refractivity contribution in [1.82, 2.24) is 9.88 Å². The Kier molecular flexibility index (Phi) is 3.89. The molecule has 3 N–H and O–H groups in total. The van der Waals surface area contributed by atoms with Gasteiger partial charge in [0.1, 0.15) is 5.69 Å².